The molecule has 0 saturated heterocycles. The van der Waals surface area contributed by atoms with E-state index in [0.29, 0.717) is 12.2 Å². The van der Waals surface area contributed by atoms with Crippen LogP contribution >= 0.6 is 0 Å². The molecule has 2 atom stereocenters. The van der Waals surface area contributed by atoms with Crippen molar-refractivity contribution in [2.45, 2.75) is 17.8 Å². The molecule has 4 nitrogen and oxygen atoms in total. The van der Waals surface area contributed by atoms with Gasteiger partial charge in [0.2, 0.25) is 0 Å². The van der Waals surface area contributed by atoms with Gasteiger partial charge in [-0.15, -0.1) is 0 Å². The topological polar surface area (TPSA) is 66.0 Å². The zero-order valence-electron chi connectivity index (χ0n) is 11.3. The second kappa shape index (κ2) is 4.19. The Hall–Kier alpha value is -2.62. The van der Waals surface area contributed by atoms with Gasteiger partial charge in [-0.1, -0.05) is 42.5 Å². The molecular weight excluding hydrogens is 264 g/mol. The average Bonchev–Trinajstić information content (AvgIpc) is 3.14. The highest BCUT2D eigenvalue weighted by Gasteiger charge is 2.64. The van der Waals surface area contributed by atoms with Gasteiger partial charge in [-0.3, -0.25) is 4.79 Å². The normalized spacial score (nSPS) is 24.1. The number of fused-ring (bicyclic) bond motifs is 1. The van der Waals surface area contributed by atoms with Crippen LogP contribution in [0.3, 0.4) is 0 Å². The number of nitrogens with one attached hydrogen (secondary N) is 1. The Balaban J connectivity index is 1.82. The van der Waals surface area contributed by atoms with Crippen molar-refractivity contribution in [3.05, 3.63) is 66.0 Å². The summed E-state index contributed by atoms with van der Waals surface area (Å²) >= 11 is 0. The number of nitrogens with zero attached hydrogens (tertiary/aromatic N) is 1. The molecule has 104 valence electrons. The number of carboxylic acids is 1. The molecular formula is C17H14N2O2. The van der Waals surface area contributed by atoms with Crippen molar-refractivity contribution in [1.29, 1.82) is 0 Å². The molecule has 2 aromatic carbocycles. The van der Waals surface area contributed by atoms with Crippen LogP contribution in [0.15, 0.2) is 54.6 Å². The highest BCUT2D eigenvalue weighted by atomic mass is 16.4. The Morgan fingerprint density at radius 2 is 1.86 bits per heavy atom. The summed E-state index contributed by atoms with van der Waals surface area (Å²) in [6.07, 6.45) is 0.589. The number of carboxylic acid groups (broad SMARTS) is 1. The van der Waals surface area contributed by atoms with Crippen LogP contribution < -0.4 is 0 Å². The Bertz CT molecular complexity index is 792. The number of carbonyl (C=O) groups is 1. The maximum atomic E-state index is 11.9. The van der Waals surface area contributed by atoms with Gasteiger partial charge in [-0.05, 0) is 24.1 Å². The van der Waals surface area contributed by atoms with Gasteiger partial charge in [0.15, 0.2) is 0 Å². The summed E-state index contributed by atoms with van der Waals surface area (Å²) < 4.78 is 0. The fourth-order valence-electron chi connectivity index (χ4n) is 3.11. The van der Waals surface area contributed by atoms with Gasteiger partial charge in [0.05, 0.1) is 11.0 Å². The zero-order valence-corrected chi connectivity index (χ0v) is 11.3. The molecule has 3 aromatic rings. The first-order chi connectivity index (χ1) is 10.2. The van der Waals surface area contributed by atoms with Crippen LogP contribution in [0.1, 0.15) is 23.7 Å². The number of para-hydroxylation sites is 2. The van der Waals surface area contributed by atoms with Gasteiger partial charge >= 0.3 is 5.97 Å². The van der Waals surface area contributed by atoms with Crippen LogP contribution in [-0.4, -0.2) is 21.0 Å². The lowest BCUT2D eigenvalue weighted by molar-refractivity contribution is -0.140. The summed E-state index contributed by atoms with van der Waals surface area (Å²) in [5.74, 6) is -0.266. The molecule has 21 heavy (non-hydrogen) atoms. The number of hydrogen-bond donors (Lipinski definition) is 2. The lowest BCUT2D eigenvalue weighted by atomic mass is 9.98. The summed E-state index contributed by atoms with van der Waals surface area (Å²) in [4.78, 5) is 19.6. The molecule has 0 unspecified atom stereocenters. The summed E-state index contributed by atoms with van der Waals surface area (Å²) in [6.45, 7) is 0. The van der Waals surface area contributed by atoms with Crippen molar-refractivity contribution in [3.8, 4) is 0 Å². The molecule has 0 spiro atoms. The Labute approximate surface area is 121 Å². The van der Waals surface area contributed by atoms with E-state index in [9.17, 15) is 9.90 Å². The van der Waals surface area contributed by atoms with Crippen molar-refractivity contribution in [3.63, 3.8) is 0 Å². The smallest absolute Gasteiger partial charge is 0.317 e. The Kier molecular flexibility index (Phi) is 2.42. The van der Waals surface area contributed by atoms with Crippen molar-refractivity contribution in [2.75, 3.05) is 0 Å². The van der Waals surface area contributed by atoms with E-state index in [1.165, 1.54) is 0 Å². The van der Waals surface area contributed by atoms with E-state index in [2.05, 4.69) is 9.97 Å². The number of aromatic amines is 1. The predicted octanol–water partition coefficient (Wildman–Crippen LogP) is 3.07. The summed E-state index contributed by atoms with van der Waals surface area (Å²) in [7, 11) is 0. The van der Waals surface area contributed by atoms with E-state index in [0.717, 1.165) is 16.6 Å². The van der Waals surface area contributed by atoms with E-state index >= 15 is 0 Å². The van der Waals surface area contributed by atoms with Crippen LogP contribution in [0, 0.1) is 0 Å². The molecule has 1 saturated carbocycles. The van der Waals surface area contributed by atoms with Crippen LogP contribution in [0.2, 0.25) is 0 Å². The maximum absolute atomic E-state index is 11.9. The molecule has 1 aliphatic carbocycles. The first-order valence-electron chi connectivity index (χ1n) is 6.95. The number of hydrogen-bond acceptors (Lipinski definition) is 2. The molecule has 1 aliphatic rings. The molecule has 1 aromatic heterocycles. The number of rotatable bonds is 3. The van der Waals surface area contributed by atoms with Crippen molar-refractivity contribution in [1.82, 2.24) is 9.97 Å². The zero-order chi connectivity index (χ0) is 14.4. The lowest BCUT2D eigenvalue weighted by Gasteiger charge is -2.09. The third-order valence-electron chi connectivity index (χ3n) is 4.36. The molecule has 1 heterocycles. The third kappa shape index (κ3) is 1.69. The van der Waals surface area contributed by atoms with Gasteiger partial charge in [0, 0.05) is 5.92 Å². The SMILES string of the molecule is O=C(O)[C@@]1(c2nc3ccccc3[nH]2)C[C@@H]1c1ccccc1. The minimum absolute atomic E-state index is 0.0169. The highest BCUT2D eigenvalue weighted by Crippen LogP contribution is 2.60. The number of H-pyrrole nitrogens is 1. The van der Waals surface area contributed by atoms with Gasteiger partial charge in [-0.2, -0.15) is 0 Å². The maximum Gasteiger partial charge on any atom is 0.317 e. The van der Waals surface area contributed by atoms with E-state index in [1.54, 1.807) is 0 Å². The third-order valence-corrected chi connectivity index (χ3v) is 4.36. The highest BCUT2D eigenvalue weighted by molar-refractivity contribution is 5.88. The van der Waals surface area contributed by atoms with E-state index in [1.807, 2.05) is 54.6 Å². The van der Waals surface area contributed by atoms with Crippen LogP contribution in [0.25, 0.3) is 11.0 Å². The fraction of sp³-hybridized carbons (Fsp3) is 0.176. The molecule has 0 bridgehead atoms. The average molecular weight is 278 g/mol. The van der Waals surface area contributed by atoms with E-state index in [-0.39, 0.29) is 5.92 Å². The molecule has 4 heteroatoms. The minimum Gasteiger partial charge on any atom is -0.480 e. The van der Waals surface area contributed by atoms with Gasteiger partial charge in [0.25, 0.3) is 0 Å². The molecule has 0 amide bonds. The summed E-state index contributed by atoms with van der Waals surface area (Å²) in [6, 6.07) is 17.4. The second-order valence-electron chi connectivity index (χ2n) is 5.55. The Morgan fingerprint density at radius 1 is 1.14 bits per heavy atom. The molecule has 2 N–H and O–H groups in total. The van der Waals surface area contributed by atoms with Crippen molar-refractivity contribution >= 4 is 17.0 Å². The van der Waals surface area contributed by atoms with Crippen LogP contribution in [-0.2, 0) is 10.2 Å². The Morgan fingerprint density at radius 3 is 2.57 bits per heavy atom. The number of aromatic nitrogens is 2. The van der Waals surface area contributed by atoms with Crippen LogP contribution in [0.5, 0.6) is 0 Å². The first-order valence-corrected chi connectivity index (χ1v) is 6.95. The van der Waals surface area contributed by atoms with E-state index in [4.69, 9.17) is 0 Å². The number of aliphatic carboxylic acids is 1. The van der Waals surface area contributed by atoms with Gasteiger partial charge < -0.3 is 10.1 Å². The molecule has 0 aliphatic heterocycles. The number of imidazole rings is 1. The van der Waals surface area contributed by atoms with Gasteiger partial charge in [-0.25, -0.2) is 4.98 Å². The second-order valence-corrected chi connectivity index (χ2v) is 5.55. The quantitative estimate of drug-likeness (QED) is 0.773. The monoisotopic (exact) mass is 278 g/mol. The standard InChI is InChI=1S/C17H14N2O2/c20-16(21)17(10-12(17)11-6-2-1-3-7-11)15-18-13-8-4-5-9-14(13)19-15/h1-9,12H,10H2,(H,18,19)(H,20,21)/t12-,17+/m1/s1. The summed E-state index contributed by atoms with van der Waals surface area (Å²) in [5.41, 5.74) is 1.83. The van der Waals surface area contributed by atoms with Crippen LogP contribution in [0.4, 0.5) is 0 Å². The minimum atomic E-state index is -0.916. The fourth-order valence-corrected chi connectivity index (χ4v) is 3.11. The lowest BCUT2D eigenvalue weighted by Crippen LogP contribution is -2.23. The molecule has 4 rings (SSSR count). The molecule has 1 fully saturated rings. The van der Waals surface area contributed by atoms with Gasteiger partial charge in [0.1, 0.15) is 11.2 Å². The largest absolute Gasteiger partial charge is 0.480 e. The molecule has 0 radical (unpaired) electrons. The summed E-state index contributed by atoms with van der Waals surface area (Å²) in [5, 5.41) is 9.75. The van der Waals surface area contributed by atoms with Crippen molar-refractivity contribution < 1.29 is 9.90 Å². The first kappa shape index (κ1) is 12.1. The van der Waals surface area contributed by atoms with Crippen molar-refractivity contribution in [2.24, 2.45) is 0 Å². The number of benzene rings is 2. The van der Waals surface area contributed by atoms with E-state index < -0.39 is 11.4 Å². The predicted molar refractivity (Wildman–Crippen MR) is 79.2 cm³/mol.